The average molecular weight is 369 g/mol. The molecule has 27 heavy (non-hydrogen) atoms. The van der Waals surface area contributed by atoms with Gasteiger partial charge in [0.1, 0.15) is 5.82 Å². The van der Waals surface area contributed by atoms with Gasteiger partial charge < -0.3 is 14.6 Å². The number of esters is 1. The lowest BCUT2D eigenvalue weighted by molar-refractivity contribution is -0.116. The molecular weight excluding hydrogens is 353 g/mol. The third-order valence-electron chi connectivity index (χ3n) is 3.73. The molecule has 0 fully saturated rings. The lowest BCUT2D eigenvalue weighted by Crippen LogP contribution is -2.12. The van der Waals surface area contributed by atoms with Gasteiger partial charge in [0, 0.05) is 24.1 Å². The maximum Gasteiger partial charge on any atom is 0.337 e. The molecule has 0 aliphatic heterocycles. The minimum atomic E-state index is -0.443. The number of rotatable bonds is 6. The number of ether oxygens (including phenoxy) is 1. The first-order valence-electron chi connectivity index (χ1n) is 8.12. The van der Waals surface area contributed by atoms with Crippen molar-refractivity contribution >= 4 is 17.6 Å². The van der Waals surface area contributed by atoms with Crippen LogP contribution in [0.25, 0.3) is 11.4 Å². The summed E-state index contributed by atoms with van der Waals surface area (Å²) in [4.78, 5) is 27.6. The van der Waals surface area contributed by atoms with E-state index in [-0.39, 0.29) is 24.6 Å². The molecule has 0 bridgehead atoms. The second-order valence-corrected chi connectivity index (χ2v) is 5.64. The highest BCUT2D eigenvalue weighted by Crippen LogP contribution is 2.17. The number of nitrogens with zero attached hydrogens (tertiary/aromatic N) is 2. The highest BCUT2D eigenvalue weighted by molar-refractivity contribution is 5.93. The molecule has 0 aliphatic rings. The van der Waals surface area contributed by atoms with Gasteiger partial charge >= 0.3 is 5.97 Å². The SMILES string of the molecule is COC(=O)c1ccc(NC(=O)CCc2nc(-c3ccc(F)cc3)no2)cc1. The predicted octanol–water partition coefficient (Wildman–Crippen LogP) is 3.23. The van der Waals surface area contributed by atoms with Crippen LogP contribution in [0.3, 0.4) is 0 Å². The fourth-order valence-corrected chi connectivity index (χ4v) is 2.32. The quantitative estimate of drug-likeness (QED) is 0.671. The summed E-state index contributed by atoms with van der Waals surface area (Å²) in [5.74, 6) is -0.378. The van der Waals surface area contributed by atoms with Crippen molar-refractivity contribution < 1.29 is 23.2 Å². The fourth-order valence-electron chi connectivity index (χ4n) is 2.32. The van der Waals surface area contributed by atoms with Crippen molar-refractivity contribution in [3.05, 3.63) is 65.8 Å². The van der Waals surface area contributed by atoms with E-state index in [1.807, 2.05) is 0 Å². The number of hydrogen-bond acceptors (Lipinski definition) is 6. The van der Waals surface area contributed by atoms with Crippen molar-refractivity contribution in [1.82, 2.24) is 10.1 Å². The first-order valence-corrected chi connectivity index (χ1v) is 8.12. The zero-order valence-electron chi connectivity index (χ0n) is 14.4. The zero-order valence-corrected chi connectivity index (χ0v) is 14.4. The standard InChI is InChI=1S/C19H16FN3O4/c1-26-19(25)13-4-8-15(9-5-13)21-16(24)10-11-17-22-18(23-27-17)12-2-6-14(20)7-3-12/h2-9H,10-11H2,1H3,(H,21,24). The average Bonchev–Trinajstić information content (AvgIpc) is 3.16. The number of aromatic nitrogens is 2. The number of carbonyl (C=O) groups is 2. The van der Waals surface area contributed by atoms with Crippen LogP contribution in [0.2, 0.25) is 0 Å². The summed E-state index contributed by atoms with van der Waals surface area (Å²) < 4.78 is 22.7. The molecule has 1 amide bonds. The Balaban J connectivity index is 1.53. The summed E-state index contributed by atoms with van der Waals surface area (Å²) in [7, 11) is 1.30. The van der Waals surface area contributed by atoms with Crippen molar-refractivity contribution in [2.24, 2.45) is 0 Å². The van der Waals surface area contributed by atoms with E-state index < -0.39 is 5.97 Å². The highest BCUT2D eigenvalue weighted by atomic mass is 19.1. The molecule has 2 aromatic carbocycles. The number of carbonyl (C=O) groups excluding carboxylic acids is 2. The Labute approximate surface area is 154 Å². The van der Waals surface area contributed by atoms with E-state index in [1.165, 1.54) is 19.2 Å². The summed E-state index contributed by atoms with van der Waals surface area (Å²) in [6.07, 6.45) is 0.407. The first kappa shape index (κ1) is 18.2. The minimum absolute atomic E-state index is 0.143. The molecule has 0 aliphatic carbocycles. The van der Waals surface area contributed by atoms with Crippen LogP contribution < -0.4 is 5.32 Å². The van der Waals surface area contributed by atoms with Gasteiger partial charge in [-0.25, -0.2) is 9.18 Å². The van der Waals surface area contributed by atoms with Crippen molar-refractivity contribution in [2.45, 2.75) is 12.8 Å². The number of nitrogens with one attached hydrogen (secondary N) is 1. The molecule has 0 saturated heterocycles. The summed E-state index contributed by atoms with van der Waals surface area (Å²) in [6, 6.07) is 12.1. The van der Waals surface area contributed by atoms with Crippen LogP contribution in [0, 0.1) is 5.82 Å². The van der Waals surface area contributed by atoms with Gasteiger partial charge in [-0.2, -0.15) is 4.98 Å². The Hall–Kier alpha value is -3.55. The number of benzene rings is 2. The van der Waals surface area contributed by atoms with Crippen molar-refractivity contribution in [2.75, 3.05) is 12.4 Å². The normalized spacial score (nSPS) is 10.4. The van der Waals surface area contributed by atoms with Crippen LogP contribution in [-0.2, 0) is 16.0 Å². The minimum Gasteiger partial charge on any atom is -0.465 e. The number of halogens is 1. The van der Waals surface area contributed by atoms with Crippen LogP contribution in [0.4, 0.5) is 10.1 Å². The number of methoxy groups -OCH3 is 1. The molecular formula is C19H16FN3O4. The second-order valence-electron chi connectivity index (χ2n) is 5.64. The van der Waals surface area contributed by atoms with Crippen LogP contribution >= 0.6 is 0 Å². The second kappa shape index (κ2) is 8.22. The molecule has 0 atom stereocenters. The van der Waals surface area contributed by atoms with Crippen LogP contribution in [0.1, 0.15) is 22.7 Å². The van der Waals surface area contributed by atoms with Crippen molar-refractivity contribution in [3.63, 3.8) is 0 Å². The third-order valence-corrected chi connectivity index (χ3v) is 3.73. The Morgan fingerprint density at radius 3 is 2.48 bits per heavy atom. The number of amides is 1. The predicted molar refractivity (Wildman–Crippen MR) is 94.4 cm³/mol. The molecule has 0 spiro atoms. The summed E-state index contributed by atoms with van der Waals surface area (Å²) in [6.45, 7) is 0. The fraction of sp³-hybridized carbons (Fsp3) is 0.158. The van der Waals surface area contributed by atoms with E-state index in [0.29, 0.717) is 28.5 Å². The molecule has 0 unspecified atom stereocenters. The Kier molecular flexibility index (Phi) is 5.55. The molecule has 0 radical (unpaired) electrons. The van der Waals surface area contributed by atoms with Gasteiger partial charge in [-0.3, -0.25) is 4.79 Å². The van der Waals surface area contributed by atoms with Crippen molar-refractivity contribution in [1.29, 1.82) is 0 Å². The van der Waals surface area contributed by atoms with Gasteiger partial charge in [-0.1, -0.05) is 5.16 Å². The molecule has 1 N–H and O–H groups in total. The zero-order chi connectivity index (χ0) is 19.2. The maximum absolute atomic E-state index is 12.9. The first-order chi connectivity index (χ1) is 13.0. The molecule has 3 aromatic rings. The van der Waals surface area contributed by atoms with E-state index >= 15 is 0 Å². The van der Waals surface area contributed by atoms with Gasteiger partial charge in [-0.05, 0) is 48.5 Å². The molecule has 7 nitrogen and oxygen atoms in total. The van der Waals surface area contributed by atoms with Crippen LogP contribution in [-0.4, -0.2) is 29.1 Å². The molecule has 1 aromatic heterocycles. The molecule has 1 heterocycles. The Morgan fingerprint density at radius 2 is 1.81 bits per heavy atom. The topological polar surface area (TPSA) is 94.3 Å². The van der Waals surface area contributed by atoms with E-state index in [9.17, 15) is 14.0 Å². The lowest BCUT2D eigenvalue weighted by atomic mass is 10.2. The summed E-state index contributed by atoms with van der Waals surface area (Å²) in [5, 5.41) is 6.55. The van der Waals surface area contributed by atoms with Gasteiger partial charge in [-0.15, -0.1) is 0 Å². The monoisotopic (exact) mass is 369 g/mol. The van der Waals surface area contributed by atoms with Crippen molar-refractivity contribution in [3.8, 4) is 11.4 Å². The lowest BCUT2D eigenvalue weighted by Gasteiger charge is -2.05. The summed E-state index contributed by atoms with van der Waals surface area (Å²) in [5.41, 5.74) is 1.58. The van der Waals surface area contributed by atoms with Gasteiger partial charge in [0.15, 0.2) is 0 Å². The van der Waals surface area contributed by atoms with E-state index in [4.69, 9.17) is 4.52 Å². The smallest absolute Gasteiger partial charge is 0.337 e. The number of anilines is 1. The summed E-state index contributed by atoms with van der Waals surface area (Å²) >= 11 is 0. The van der Waals surface area contributed by atoms with Crippen LogP contribution in [0.5, 0.6) is 0 Å². The van der Waals surface area contributed by atoms with E-state index in [1.54, 1.807) is 36.4 Å². The van der Waals surface area contributed by atoms with Gasteiger partial charge in [0.2, 0.25) is 17.6 Å². The maximum atomic E-state index is 12.9. The molecule has 0 saturated carbocycles. The van der Waals surface area contributed by atoms with Gasteiger partial charge in [0.25, 0.3) is 0 Å². The molecule has 8 heteroatoms. The Morgan fingerprint density at radius 1 is 1.11 bits per heavy atom. The Bertz CT molecular complexity index is 936. The molecule has 138 valence electrons. The number of aryl methyl sites for hydroxylation is 1. The van der Waals surface area contributed by atoms with Crippen LogP contribution in [0.15, 0.2) is 53.1 Å². The third kappa shape index (κ3) is 4.75. The number of hydrogen-bond donors (Lipinski definition) is 1. The molecule has 3 rings (SSSR count). The van der Waals surface area contributed by atoms with Gasteiger partial charge in [0.05, 0.1) is 12.7 Å². The largest absolute Gasteiger partial charge is 0.465 e. The van der Waals surface area contributed by atoms with E-state index in [0.717, 1.165) is 0 Å². The van der Waals surface area contributed by atoms with E-state index in [2.05, 4.69) is 20.2 Å². The highest BCUT2D eigenvalue weighted by Gasteiger charge is 2.11.